The van der Waals surface area contributed by atoms with E-state index in [1.807, 2.05) is 0 Å². The third kappa shape index (κ3) is 6.01. The average Bonchev–Trinajstić information content (AvgIpc) is 2.83. The van der Waals surface area contributed by atoms with Crippen molar-refractivity contribution in [3.8, 4) is 0 Å². The summed E-state index contributed by atoms with van der Waals surface area (Å²) in [6.45, 7) is 3.43. The van der Waals surface area contributed by atoms with Crippen molar-refractivity contribution in [2.75, 3.05) is 26.4 Å². The fourth-order valence-electron chi connectivity index (χ4n) is 1.42. The van der Waals surface area contributed by atoms with E-state index >= 15 is 0 Å². The summed E-state index contributed by atoms with van der Waals surface area (Å²) in [5.41, 5.74) is 0. The van der Waals surface area contributed by atoms with Crippen molar-refractivity contribution in [3.63, 3.8) is 0 Å². The van der Waals surface area contributed by atoms with E-state index in [1.54, 1.807) is 12.1 Å². The molecule has 0 radical (unpaired) electrons. The zero-order valence-corrected chi connectivity index (χ0v) is 12.7. The Kier molecular flexibility index (Phi) is 7.55. The number of hydrogen-bond acceptors (Lipinski definition) is 5. The molecule has 7 heteroatoms. The molecule has 5 nitrogen and oxygen atoms in total. The molecule has 0 aliphatic carbocycles. The standard InChI is InChI=1S/C12H21NO4S2/c1-2-3-9-17-10-7-13-19(15,16)12-5-4-11(18-12)6-8-14/h4-5,13-14H,2-3,6-10H2,1H3. The van der Waals surface area contributed by atoms with E-state index < -0.39 is 10.0 Å². The zero-order valence-electron chi connectivity index (χ0n) is 11.1. The summed E-state index contributed by atoms with van der Waals surface area (Å²) in [7, 11) is -3.44. The Morgan fingerprint density at radius 3 is 2.84 bits per heavy atom. The van der Waals surface area contributed by atoms with Crippen molar-refractivity contribution >= 4 is 21.4 Å². The SMILES string of the molecule is CCCCOCCNS(=O)(=O)c1ccc(CCO)s1. The van der Waals surface area contributed by atoms with Gasteiger partial charge in [-0.2, -0.15) is 0 Å². The van der Waals surface area contributed by atoms with Crippen LogP contribution in [0.5, 0.6) is 0 Å². The molecule has 110 valence electrons. The number of hydrogen-bond donors (Lipinski definition) is 2. The molecule has 0 aliphatic heterocycles. The van der Waals surface area contributed by atoms with Crippen LogP contribution in [-0.2, 0) is 21.2 Å². The van der Waals surface area contributed by atoms with Crippen LogP contribution in [0.4, 0.5) is 0 Å². The van der Waals surface area contributed by atoms with E-state index in [0.29, 0.717) is 19.6 Å². The first-order valence-electron chi connectivity index (χ1n) is 6.37. The highest BCUT2D eigenvalue weighted by atomic mass is 32.2. The van der Waals surface area contributed by atoms with Gasteiger partial charge in [-0.05, 0) is 18.6 Å². The Balaban J connectivity index is 2.38. The van der Waals surface area contributed by atoms with Crippen LogP contribution in [-0.4, -0.2) is 39.9 Å². The first kappa shape index (κ1) is 16.6. The quantitative estimate of drug-likeness (QED) is 0.640. The lowest BCUT2D eigenvalue weighted by Crippen LogP contribution is -2.26. The molecule has 0 fully saturated rings. The number of aliphatic hydroxyl groups is 1. The molecule has 0 bridgehead atoms. The number of aliphatic hydroxyl groups excluding tert-OH is 1. The van der Waals surface area contributed by atoms with Gasteiger partial charge in [0.05, 0.1) is 6.61 Å². The van der Waals surface area contributed by atoms with Crippen LogP contribution in [0.15, 0.2) is 16.3 Å². The number of thiophene rings is 1. The molecule has 0 aromatic carbocycles. The Hall–Kier alpha value is -0.470. The van der Waals surface area contributed by atoms with Crippen LogP contribution in [0.1, 0.15) is 24.6 Å². The van der Waals surface area contributed by atoms with E-state index in [4.69, 9.17) is 9.84 Å². The molecule has 1 heterocycles. The summed E-state index contributed by atoms with van der Waals surface area (Å²) >= 11 is 1.19. The molecule has 1 aromatic heterocycles. The summed E-state index contributed by atoms with van der Waals surface area (Å²) < 4.78 is 31.9. The van der Waals surface area contributed by atoms with Gasteiger partial charge >= 0.3 is 0 Å². The van der Waals surface area contributed by atoms with E-state index in [2.05, 4.69) is 11.6 Å². The minimum Gasteiger partial charge on any atom is -0.396 e. The molecule has 2 N–H and O–H groups in total. The topological polar surface area (TPSA) is 75.6 Å². The van der Waals surface area contributed by atoms with Gasteiger partial charge in [-0.25, -0.2) is 13.1 Å². The lowest BCUT2D eigenvalue weighted by molar-refractivity contribution is 0.136. The average molecular weight is 307 g/mol. The van der Waals surface area contributed by atoms with Crippen molar-refractivity contribution in [2.24, 2.45) is 0 Å². The number of rotatable bonds is 10. The lowest BCUT2D eigenvalue weighted by atomic mass is 10.4. The van der Waals surface area contributed by atoms with Crippen LogP contribution in [0, 0.1) is 0 Å². The van der Waals surface area contributed by atoms with Gasteiger partial charge in [0.25, 0.3) is 0 Å². The minimum atomic E-state index is -3.44. The summed E-state index contributed by atoms with van der Waals surface area (Å²) in [5.74, 6) is 0. The Morgan fingerprint density at radius 1 is 1.37 bits per heavy atom. The van der Waals surface area contributed by atoms with Crippen LogP contribution in [0.2, 0.25) is 0 Å². The molecule has 0 saturated carbocycles. The first-order valence-corrected chi connectivity index (χ1v) is 8.67. The molecule has 0 atom stereocenters. The Labute approximate surface area is 118 Å². The maximum Gasteiger partial charge on any atom is 0.250 e. The van der Waals surface area contributed by atoms with Crippen molar-refractivity contribution in [1.29, 1.82) is 0 Å². The summed E-state index contributed by atoms with van der Waals surface area (Å²) in [6.07, 6.45) is 2.54. The minimum absolute atomic E-state index is 0.0265. The smallest absolute Gasteiger partial charge is 0.250 e. The Morgan fingerprint density at radius 2 is 2.16 bits per heavy atom. The predicted molar refractivity (Wildman–Crippen MR) is 76.0 cm³/mol. The van der Waals surface area contributed by atoms with Crippen molar-refractivity contribution in [2.45, 2.75) is 30.4 Å². The van der Waals surface area contributed by atoms with Gasteiger partial charge in [0, 0.05) is 31.1 Å². The van der Waals surface area contributed by atoms with Gasteiger partial charge in [0.15, 0.2) is 0 Å². The van der Waals surface area contributed by atoms with Gasteiger partial charge in [0.1, 0.15) is 4.21 Å². The molecule has 0 amide bonds. The van der Waals surface area contributed by atoms with E-state index in [1.165, 1.54) is 11.3 Å². The van der Waals surface area contributed by atoms with Crippen LogP contribution in [0.25, 0.3) is 0 Å². The third-order valence-electron chi connectivity index (χ3n) is 2.44. The third-order valence-corrected chi connectivity index (χ3v) is 5.54. The maximum absolute atomic E-state index is 11.9. The van der Waals surface area contributed by atoms with Crippen molar-refractivity contribution in [3.05, 3.63) is 17.0 Å². The van der Waals surface area contributed by atoms with Crippen molar-refractivity contribution < 1.29 is 18.3 Å². The van der Waals surface area contributed by atoms with Crippen LogP contribution in [0.3, 0.4) is 0 Å². The normalized spacial score (nSPS) is 11.9. The van der Waals surface area contributed by atoms with Crippen LogP contribution >= 0.6 is 11.3 Å². The molecule has 19 heavy (non-hydrogen) atoms. The molecular formula is C12H21NO4S2. The zero-order chi connectivity index (χ0) is 14.1. The number of ether oxygens (including phenoxy) is 1. The van der Waals surface area contributed by atoms with Gasteiger partial charge in [-0.15, -0.1) is 11.3 Å². The summed E-state index contributed by atoms with van der Waals surface area (Å²) in [5, 5.41) is 8.80. The van der Waals surface area contributed by atoms with E-state index in [-0.39, 0.29) is 17.4 Å². The molecule has 0 aliphatic rings. The highest BCUT2D eigenvalue weighted by molar-refractivity contribution is 7.91. The first-order chi connectivity index (χ1) is 9.10. The molecule has 0 saturated heterocycles. The summed E-state index contributed by atoms with van der Waals surface area (Å²) in [6, 6.07) is 3.29. The highest BCUT2D eigenvalue weighted by Crippen LogP contribution is 2.21. The van der Waals surface area contributed by atoms with Gasteiger partial charge < -0.3 is 9.84 Å². The molecule has 0 unspecified atom stereocenters. The second-order valence-electron chi connectivity index (χ2n) is 4.06. The van der Waals surface area contributed by atoms with E-state index in [0.717, 1.165) is 17.7 Å². The molecule has 1 rings (SSSR count). The molecule has 0 spiro atoms. The van der Waals surface area contributed by atoms with Gasteiger partial charge in [-0.3, -0.25) is 0 Å². The second-order valence-corrected chi connectivity index (χ2v) is 7.22. The maximum atomic E-state index is 11.9. The van der Waals surface area contributed by atoms with E-state index in [9.17, 15) is 8.42 Å². The number of unbranched alkanes of at least 4 members (excludes halogenated alkanes) is 1. The monoisotopic (exact) mass is 307 g/mol. The molecular weight excluding hydrogens is 286 g/mol. The number of nitrogens with one attached hydrogen (secondary N) is 1. The second kappa shape index (κ2) is 8.65. The van der Waals surface area contributed by atoms with Gasteiger partial charge in [-0.1, -0.05) is 13.3 Å². The fourth-order valence-corrected chi connectivity index (χ4v) is 3.82. The van der Waals surface area contributed by atoms with Crippen LogP contribution < -0.4 is 4.72 Å². The largest absolute Gasteiger partial charge is 0.396 e. The molecule has 1 aromatic rings. The van der Waals surface area contributed by atoms with Gasteiger partial charge in [0.2, 0.25) is 10.0 Å². The highest BCUT2D eigenvalue weighted by Gasteiger charge is 2.15. The van der Waals surface area contributed by atoms with Crippen molar-refractivity contribution in [1.82, 2.24) is 4.72 Å². The predicted octanol–water partition coefficient (Wildman–Crippen LogP) is 1.38. The lowest BCUT2D eigenvalue weighted by Gasteiger charge is -2.05. The summed E-state index contributed by atoms with van der Waals surface area (Å²) in [4.78, 5) is 0.863. The fraction of sp³-hybridized carbons (Fsp3) is 0.667. The Bertz CT molecular complexity index is 456. The number of sulfonamides is 1.